The molecule has 5 aromatic rings. The highest BCUT2D eigenvalue weighted by molar-refractivity contribution is 6.30. The summed E-state index contributed by atoms with van der Waals surface area (Å²) in [7, 11) is 3.66. The number of benzene rings is 4. The number of aryl methyl sites for hydroxylation is 2. The van der Waals surface area contributed by atoms with Crippen molar-refractivity contribution < 1.29 is 23.4 Å². The van der Waals surface area contributed by atoms with Gasteiger partial charge in [-0.1, -0.05) is 48.0 Å². The largest absolute Gasteiger partial charge is 0.493 e. The molecule has 1 aliphatic heterocycles. The van der Waals surface area contributed by atoms with Crippen molar-refractivity contribution in [3.05, 3.63) is 113 Å². The third kappa shape index (κ3) is 9.16. The molecule has 0 saturated carbocycles. The molecule has 10 nitrogen and oxygen atoms in total. The second-order valence-electron chi connectivity index (χ2n) is 12.7. The smallest absolute Gasteiger partial charge is 0.262 e. The van der Waals surface area contributed by atoms with Gasteiger partial charge in [-0.05, 0) is 86.0 Å². The molecular formula is C40H42ClFN6O4. The van der Waals surface area contributed by atoms with E-state index >= 15 is 4.39 Å². The number of nitrogens with zero attached hydrogens (tertiary/aromatic N) is 4. The average molecular weight is 725 g/mol. The van der Waals surface area contributed by atoms with Crippen molar-refractivity contribution in [1.29, 1.82) is 0 Å². The Hall–Kier alpha value is -5.23. The Morgan fingerprint density at radius 3 is 2.37 bits per heavy atom. The van der Waals surface area contributed by atoms with Crippen molar-refractivity contribution in [3.63, 3.8) is 0 Å². The van der Waals surface area contributed by atoms with Crippen molar-refractivity contribution in [2.24, 2.45) is 0 Å². The number of hydrogen-bond donors (Lipinski definition) is 2. The predicted molar refractivity (Wildman–Crippen MR) is 203 cm³/mol. The predicted octanol–water partition coefficient (Wildman–Crippen LogP) is 8.37. The lowest BCUT2D eigenvalue weighted by atomic mass is 10.1. The molecule has 1 saturated heterocycles. The quantitative estimate of drug-likeness (QED) is 0.116. The maximum Gasteiger partial charge on any atom is 0.262 e. The number of aromatic nitrogens is 2. The van der Waals surface area contributed by atoms with Gasteiger partial charge in [0.2, 0.25) is 11.8 Å². The van der Waals surface area contributed by atoms with Gasteiger partial charge in [0.1, 0.15) is 5.56 Å². The number of methoxy groups -OCH3 is 1. The SMILES string of the molecule is COc1cc(-c2cccc(Cl)c2)ccc1Oc1nc(Nc2ccc(OCCCN3CCN(C)CC3)c(F)c2)ncc1C(=O)Nc1c(C)cccc1C. The van der Waals surface area contributed by atoms with Gasteiger partial charge < -0.3 is 34.6 Å². The van der Waals surface area contributed by atoms with E-state index in [0.717, 1.165) is 61.4 Å². The molecular weight excluding hydrogens is 683 g/mol. The highest BCUT2D eigenvalue weighted by Crippen LogP contribution is 2.37. The Kier molecular flexibility index (Phi) is 11.9. The fraction of sp³-hybridized carbons (Fsp3) is 0.275. The summed E-state index contributed by atoms with van der Waals surface area (Å²) in [6.07, 6.45) is 2.17. The molecule has 2 heterocycles. The first-order valence-electron chi connectivity index (χ1n) is 17.1. The Labute approximate surface area is 308 Å². The summed E-state index contributed by atoms with van der Waals surface area (Å²) in [5, 5.41) is 6.61. The molecule has 6 rings (SSSR count). The van der Waals surface area contributed by atoms with Gasteiger partial charge in [0.25, 0.3) is 5.91 Å². The van der Waals surface area contributed by atoms with Crippen LogP contribution in [0.25, 0.3) is 11.1 Å². The molecule has 1 amide bonds. The number of carbonyl (C=O) groups is 1. The molecule has 0 radical (unpaired) electrons. The van der Waals surface area contributed by atoms with E-state index in [1.807, 2.05) is 62.4 Å². The zero-order valence-electron chi connectivity index (χ0n) is 29.7. The average Bonchev–Trinajstić information content (AvgIpc) is 3.13. The standard InChI is InChI=1S/C40H42ClFN6O4/c1-26-8-5-9-27(2)37(26)45-38(49)32-25-43-40(44-31-13-15-34(33(42)24-31)51-21-7-16-48-19-17-47(3)18-20-48)46-39(32)52-35-14-12-29(23-36(35)50-4)28-10-6-11-30(41)22-28/h5-6,8-15,22-25H,7,16-21H2,1-4H3,(H,45,49)(H,43,44,46). The first kappa shape index (κ1) is 36.6. The van der Waals surface area contributed by atoms with Crippen LogP contribution in [-0.2, 0) is 0 Å². The van der Waals surface area contributed by atoms with E-state index in [1.54, 1.807) is 24.3 Å². The van der Waals surface area contributed by atoms with Gasteiger partial charge in [-0.25, -0.2) is 9.37 Å². The van der Waals surface area contributed by atoms with E-state index < -0.39 is 11.7 Å². The van der Waals surface area contributed by atoms with Crippen molar-refractivity contribution in [2.45, 2.75) is 20.3 Å². The molecule has 0 bridgehead atoms. The number of carbonyl (C=O) groups excluding carboxylic acids is 1. The minimum absolute atomic E-state index is 0.0316. The molecule has 1 aliphatic rings. The van der Waals surface area contributed by atoms with Crippen molar-refractivity contribution in [1.82, 2.24) is 19.8 Å². The summed E-state index contributed by atoms with van der Waals surface area (Å²) in [5.41, 5.74) is 4.71. The third-order valence-corrected chi connectivity index (χ3v) is 9.14. The van der Waals surface area contributed by atoms with Crippen LogP contribution in [0.4, 0.5) is 21.7 Å². The van der Waals surface area contributed by atoms with Gasteiger partial charge in [0.05, 0.1) is 13.7 Å². The number of anilines is 3. The van der Waals surface area contributed by atoms with Crippen LogP contribution in [0.1, 0.15) is 27.9 Å². The number of hydrogen-bond acceptors (Lipinski definition) is 9. The molecule has 0 atom stereocenters. The van der Waals surface area contributed by atoms with Gasteiger partial charge in [-0.15, -0.1) is 0 Å². The van der Waals surface area contributed by atoms with Gasteiger partial charge in [-0.2, -0.15) is 4.98 Å². The summed E-state index contributed by atoms with van der Waals surface area (Å²) in [5.74, 6) is -0.0270. The number of ether oxygens (including phenoxy) is 3. The molecule has 4 aromatic carbocycles. The molecule has 0 aliphatic carbocycles. The number of amides is 1. The first-order valence-corrected chi connectivity index (χ1v) is 17.5. The lowest BCUT2D eigenvalue weighted by molar-refractivity contribution is 0.102. The fourth-order valence-electron chi connectivity index (χ4n) is 5.92. The minimum Gasteiger partial charge on any atom is -0.493 e. The second kappa shape index (κ2) is 16.9. The van der Waals surface area contributed by atoms with Crippen LogP contribution in [0.2, 0.25) is 5.02 Å². The molecule has 12 heteroatoms. The zero-order chi connectivity index (χ0) is 36.6. The Morgan fingerprint density at radius 1 is 0.904 bits per heavy atom. The van der Waals surface area contributed by atoms with Crippen molar-refractivity contribution >= 4 is 34.8 Å². The summed E-state index contributed by atoms with van der Waals surface area (Å²) in [4.78, 5) is 27.4. The van der Waals surface area contributed by atoms with Gasteiger partial charge in [0.15, 0.2) is 23.1 Å². The number of piperazine rings is 1. The van der Waals surface area contributed by atoms with Crippen molar-refractivity contribution in [3.8, 4) is 34.3 Å². The number of nitrogens with one attached hydrogen (secondary N) is 2. The zero-order valence-corrected chi connectivity index (χ0v) is 30.5. The summed E-state index contributed by atoms with van der Waals surface area (Å²) >= 11 is 6.23. The van der Waals surface area contributed by atoms with Gasteiger partial charge >= 0.3 is 0 Å². The van der Waals surface area contributed by atoms with Crippen LogP contribution in [0, 0.1) is 19.7 Å². The lowest BCUT2D eigenvalue weighted by Gasteiger charge is -2.32. The number of para-hydroxylation sites is 1. The molecule has 0 unspecified atom stereocenters. The molecule has 1 fully saturated rings. The molecule has 2 N–H and O–H groups in total. The van der Waals surface area contributed by atoms with Gasteiger partial charge in [0, 0.05) is 61.4 Å². The van der Waals surface area contributed by atoms with E-state index in [2.05, 4.69) is 37.4 Å². The van der Waals surface area contributed by atoms with E-state index in [-0.39, 0.29) is 23.1 Å². The van der Waals surface area contributed by atoms with Crippen LogP contribution < -0.4 is 24.8 Å². The minimum atomic E-state index is -0.518. The summed E-state index contributed by atoms with van der Waals surface area (Å²) in [6.45, 7) is 9.32. The highest BCUT2D eigenvalue weighted by Gasteiger charge is 2.21. The second-order valence-corrected chi connectivity index (χ2v) is 13.2. The number of likely N-dealkylation sites (N-methyl/N-ethyl adjacent to an activating group) is 1. The van der Waals surface area contributed by atoms with Crippen LogP contribution in [0.5, 0.6) is 23.1 Å². The maximum absolute atomic E-state index is 15.1. The number of rotatable bonds is 13. The van der Waals surface area contributed by atoms with Crippen LogP contribution in [-0.4, -0.2) is 79.2 Å². The first-order chi connectivity index (χ1) is 25.2. The Balaban J connectivity index is 1.21. The Bertz CT molecular complexity index is 2020. The van der Waals surface area contributed by atoms with E-state index in [9.17, 15) is 4.79 Å². The van der Waals surface area contributed by atoms with E-state index in [4.69, 9.17) is 25.8 Å². The molecule has 1 aromatic heterocycles. The number of halogens is 2. The normalized spacial score (nSPS) is 13.4. The van der Waals surface area contributed by atoms with E-state index in [0.29, 0.717) is 34.5 Å². The van der Waals surface area contributed by atoms with Gasteiger partial charge in [-0.3, -0.25) is 4.79 Å². The van der Waals surface area contributed by atoms with E-state index in [1.165, 1.54) is 19.4 Å². The summed E-state index contributed by atoms with van der Waals surface area (Å²) in [6, 6.07) is 23.2. The molecule has 52 heavy (non-hydrogen) atoms. The third-order valence-electron chi connectivity index (χ3n) is 8.91. The summed E-state index contributed by atoms with van der Waals surface area (Å²) < 4.78 is 32.9. The topological polar surface area (TPSA) is 101 Å². The maximum atomic E-state index is 15.1. The molecule has 270 valence electrons. The fourth-order valence-corrected chi connectivity index (χ4v) is 6.11. The highest BCUT2D eigenvalue weighted by atomic mass is 35.5. The molecule has 0 spiro atoms. The van der Waals surface area contributed by atoms with Crippen LogP contribution in [0.15, 0.2) is 85.1 Å². The van der Waals surface area contributed by atoms with Crippen molar-refractivity contribution in [2.75, 3.05) is 64.1 Å². The Morgan fingerprint density at radius 2 is 1.63 bits per heavy atom. The lowest BCUT2D eigenvalue weighted by Crippen LogP contribution is -2.44. The van der Waals surface area contributed by atoms with Crippen LogP contribution >= 0.6 is 11.6 Å². The monoisotopic (exact) mass is 724 g/mol. The van der Waals surface area contributed by atoms with Crippen LogP contribution in [0.3, 0.4) is 0 Å².